The van der Waals surface area contributed by atoms with Crippen molar-refractivity contribution in [2.45, 2.75) is 23.8 Å². The molecule has 114 valence electrons. The van der Waals surface area contributed by atoms with Crippen LogP contribution >= 0.6 is 0 Å². The van der Waals surface area contributed by atoms with Crippen LogP contribution in [0.25, 0.3) is 0 Å². The summed E-state index contributed by atoms with van der Waals surface area (Å²) in [5.74, 6) is 5.48. The number of sulfonamides is 1. The van der Waals surface area contributed by atoms with Gasteiger partial charge in [0.15, 0.2) is 0 Å². The maximum Gasteiger partial charge on any atom is 0.244 e. The lowest BCUT2D eigenvalue weighted by atomic mass is 10.1. The third kappa shape index (κ3) is 3.80. The molecule has 21 heavy (non-hydrogen) atoms. The van der Waals surface area contributed by atoms with E-state index in [1.165, 1.54) is 22.8 Å². The van der Waals surface area contributed by atoms with Gasteiger partial charge in [-0.3, -0.25) is 4.98 Å². The number of hydrogen-bond donors (Lipinski definition) is 1. The fraction of sp³-hybridized carbons (Fsp3) is 0.500. The van der Waals surface area contributed by atoms with Crippen molar-refractivity contribution < 1.29 is 13.2 Å². The van der Waals surface area contributed by atoms with Crippen LogP contribution in [0, 0.1) is 11.8 Å². The lowest BCUT2D eigenvalue weighted by molar-refractivity contribution is 0.0632. The predicted octanol–water partition coefficient (Wildman–Crippen LogP) is 0.191. The molecule has 0 spiro atoms. The van der Waals surface area contributed by atoms with Crippen LogP contribution < -0.4 is 5.73 Å². The maximum absolute atomic E-state index is 12.6. The van der Waals surface area contributed by atoms with Gasteiger partial charge in [0.25, 0.3) is 0 Å². The Hall–Kier alpha value is -1.46. The number of aromatic nitrogens is 1. The molecule has 1 aromatic rings. The minimum Gasteiger partial charge on any atom is -0.381 e. The van der Waals surface area contributed by atoms with Crippen LogP contribution in [-0.2, 0) is 14.8 Å². The Labute approximate surface area is 125 Å². The summed E-state index contributed by atoms with van der Waals surface area (Å²) in [6.07, 6.45) is 4.28. The topological polar surface area (TPSA) is 85.5 Å². The summed E-state index contributed by atoms with van der Waals surface area (Å²) < 4.78 is 31.9. The van der Waals surface area contributed by atoms with Gasteiger partial charge in [-0.25, -0.2) is 8.42 Å². The summed E-state index contributed by atoms with van der Waals surface area (Å²) in [5.41, 5.74) is 5.86. The number of hydrogen-bond acceptors (Lipinski definition) is 5. The Balaban J connectivity index is 2.26. The van der Waals surface area contributed by atoms with Gasteiger partial charge in [-0.1, -0.05) is 11.8 Å². The standard InChI is InChI=1S/C14H19N3O3S/c1-17(13-4-7-20-8-5-13)21(18,19)14-9-12(3-2-6-15)10-16-11-14/h9-11,13H,4-8,15H2,1H3. The third-order valence-corrected chi connectivity index (χ3v) is 5.31. The van der Waals surface area contributed by atoms with Crippen LogP contribution in [0.1, 0.15) is 18.4 Å². The molecule has 2 rings (SSSR count). The summed E-state index contributed by atoms with van der Waals surface area (Å²) in [6, 6.07) is 1.49. The third-order valence-electron chi connectivity index (χ3n) is 3.43. The van der Waals surface area contributed by atoms with Gasteiger partial charge in [0.05, 0.1) is 6.54 Å². The Morgan fingerprint density at radius 1 is 1.43 bits per heavy atom. The van der Waals surface area contributed by atoms with E-state index >= 15 is 0 Å². The van der Waals surface area contributed by atoms with Gasteiger partial charge in [-0.05, 0) is 18.9 Å². The van der Waals surface area contributed by atoms with E-state index in [2.05, 4.69) is 16.8 Å². The lowest BCUT2D eigenvalue weighted by Gasteiger charge is -2.30. The van der Waals surface area contributed by atoms with Crippen molar-refractivity contribution in [2.75, 3.05) is 26.8 Å². The smallest absolute Gasteiger partial charge is 0.244 e. The first-order chi connectivity index (χ1) is 10.1. The highest BCUT2D eigenvalue weighted by molar-refractivity contribution is 7.89. The molecule has 2 N–H and O–H groups in total. The van der Waals surface area contributed by atoms with Crippen molar-refractivity contribution in [1.82, 2.24) is 9.29 Å². The highest BCUT2D eigenvalue weighted by Gasteiger charge is 2.29. The zero-order chi connectivity index (χ0) is 15.3. The molecule has 0 aliphatic carbocycles. The minimum atomic E-state index is -3.57. The summed E-state index contributed by atoms with van der Waals surface area (Å²) in [5, 5.41) is 0. The zero-order valence-corrected chi connectivity index (χ0v) is 12.8. The number of rotatable bonds is 3. The first kappa shape index (κ1) is 15.9. The molecule has 0 atom stereocenters. The van der Waals surface area contributed by atoms with Crippen LogP contribution in [0.3, 0.4) is 0 Å². The molecule has 0 amide bonds. The molecular formula is C14H19N3O3S. The molecule has 1 aliphatic rings. The monoisotopic (exact) mass is 309 g/mol. The molecule has 1 aliphatic heterocycles. The fourth-order valence-electron chi connectivity index (χ4n) is 2.19. The van der Waals surface area contributed by atoms with Gasteiger partial charge in [0.1, 0.15) is 4.90 Å². The van der Waals surface area contributed by atoms with E-state index in [-0.39, 0.29) is 17.5 Å². The second kappa shape index (κ2) is 7.00. The molecule has 1 aromatic heterocycles. The molecule has 0 bridgehead atoms. The molecule has 6 nitrogen and oxygen atoms in total. The maximum atomic E-state index is 12.6. The number of nitrogens with two attached hydrogens (primary N) is 1. The second-order valence-electron chi connectivity index (χ2n) is 4.78. The van der Waals surface area contributed by atoms with Crippen LogP contribution in [-0.4, -0.2) is 50.6 Å². The van der Waals surface area contributed by atoms with E-state index in [1.54, 1.807) is 7.05 Å². The summed E-state index contributed by atoms with van der Waals surface area (Å²) >= 11 is 0. The SMILES string of the molecule is CN(C1CCOCC1)S(=O)(=O)c1cncc(C#CCN)c1. The second-order valence-corrected chi connectivity index (χ2v) is 6.78. The van der Waals surface area contributed by atoms with E-state index in [0.29, 0.717) is 31.6 Å². The molecule has 0 saturated carbocycles. The van der Waals surface area contributed by atoms with Crippen molar-refractivity contribution in [3.05, 3.63) is 24.0 Å². The summed E-state index contributed by atoms with van der Waals surface area (Å²) in [4.78, 5) is 4.11. The highest BCUT2D eigenvalue weighted by Crippen LogP contribution is 2.21. The van der Waals surface area contributed by atoms with Crippen LogP contribution in [0.15, 0.2) is 23.4 Å². The van der Waals surface area contributed by atoms with E-state index in [4.69, 9.17) is 10.5 Å². The number of pyridine rings is 1. The number of ether oxygens (including phenoxy) is 1. The van der Waals surface area contributed by atoms with Crippen molar-refractivity contribution in [3.63, 3.8) is 0 Å². The van der Waals surface area contributed by atoms with Gasteiger partial charge < -0.3 is 10.5 Å². The molecule has 0 radical (unpaired) electrons. The average molecular weight is 309 g/mol. The van der Waals surface area contributed by atoms with Crippen molar-refractivity contribution in [3.8, 4) is 11.8 Å². The summed E-state index contributed by atoms with van der Waals surface area (Å²) in [7, 11) is -1.97. The van der Waals surface area contributed by atoms with Crippen molar-refractivity contribution in [2.24, 2.45) is 5.73 Å². The first-order valence-corrected chi connectivity index (χ1v) is 8.19. The Morgan fingerprint density at radius 3 is 2.81 bits per heavy atom. The minimum absolute atomic E-state index is 0.0393. The lowest BCUT2D eigenvalue weighted by Crippen LogP contribution is -2.40. The molecule has 1 saturated heterocycles. The Bertz CT molecular complexity index is 643. The molecule has 2 heterocycles. The van der Waals surface area contributed by atoms with E-state index < -0.39 is 10.0 Å². The van der Waals surface area contributed by atoms with Crippen LogP contribution in [0.5, 0.6) is 0 Å². The van der Waals surface area contributed by atoms with Crippen molar-refractivity contribution in [1.29, 1.82) is 0 Å². The summed E-state index contributed by atoms with van der Waals surface area (Å²) in [6.45, 7) is 1.40. The van der Waals surface area contributed by atoms with Gasteiger partial charge >= 0.3 is 0 Å². The quantitative estimate of drug-likeness (QED) is 0.806. The first-order valence-electron chi connectivity index (χ1n) is 6.75. The molecule has 7 heteroatoms. The van der Waals surface area contributed by atoms with E-state index in [9.17, 15) is 8.42 Å². The molecule has 0 unspecified atom stereocenters. The zero-order valence-electron chi connectivity index (χ0n) is 11.9. The Morgan fingerprint density at radius 2 is 2.14 bits per heavy atom. The van der Waals surface area contributed by atoms with Crippen LogP contribution in [0.2, 0.25) is 0 Å². The molecule has 0 aromatic carbocycles. The molecule has 1 fully saturated rings. The van der Waals surface area contributed by atoms with Gasteiger partial charge in [0, 0.05) is 44.3 Å². The largest absolute Gasteiger partial charge is 0.381 e. The van der Waals surface area contributed by atoms with Crippen molar-refractivity contribution >= 4 is 10.0 Å². The highest BCUT2D eigenvalue weighted by atomic mass is 32.2. The van der Waals surface area contributed by atoms with Crippen LogP contribution in [0.4, 0.5) is 0 Å². The van der Waals surface area contributed by atoms with E-state index in [0.717, 1.165) is 0 Å². The predicted molar refractivity (Wildman–Crippen MR) is 79.0 cm³/mol. The van der Waals surface area contributed by atoms with Gasteiger partial charge in [0.2, 0.25) is 10.0 Å². The van der Waals surface area contributed by atoms with E-state index in [1.807, 2.05) is 0 Å². The number of nitrogens with zero attached hydrogens (tertiary/aromatic N) is 2. The average Bonchev–Trinajstić information content (AvgIpc) is 2.53. The van der Waals surface area contributed by atoms with Gasteiger partial charge in [-0.15, -0.1) is 0 Å². The molecular weight excluding hydrogens is 290 g/mol. The fourth-order valence-corrected chi connectivity index (χ4v) is 3.60. The normalized spacial score (nSPS) is 16.5. The Kier molecular flexibility index (Phi) is 5.31. The van der Waals surface area contributed by atoms with Gasteiger partial charge in [-0.2, -0.15) is 4.31 Å².